The van der Waals surface area contributed by atoms with Crippen LogP contribution >= 0.6 is 0 Å². The van der Waals surface area contributed by atoms with E-state index in [1.165, 1.54) is 44.6 Å². The third kappa shape index (κ3) is 18.4. The Bertz CT molecular complexity index is 1380. The first-order valence-electron chi connectivity index (χ1n) is 18.2. The molecule has 0 aliphatic carbocycles. The van der Waals surface area contributed by atoms with Crippen LogP contribution in [0.2, 0.25) is 0 Å². The smallest absolute Gasteiger partial charge is 0.311 e. The summed E-state index contributed by atoms with van der Waals surface area (Å²) in [7, 11) is 1.94. The van der Waals surface area contributed by atoms with E-state index in [-0.39, 0.29) is 23.4 Å². The molecule has 3 rings (SSSR count). The van der Waals surface area contributed by atoms with E-state index in [9.17, 15) is 22.0 Å². The number of hydrogen-bond donors (Lipinski definition) is 3. The molecule has 0 radical (unpaired) electrons. The molecule has 0 bridgehead atoms. The molecule has 4 N–H and O–H groups in total. The summed E-state index contributed by atoms with van der Waals surface area (Å²) in [5.41, 5.74) is 7.81. The van der Waals surface area contributed by atoms with E-state index >= 15 is 0 Å². The Morgan fingerprint density at radius 3 is 1.88 bits per heavy atom. The Hall–Kier alpha value is -4.14. The Kier molecular flexibility index (Phi) is 26.4. The van der Waals surface area contributed by atoms with Crippen LogP contribution in [0.3, 0.4) is 0 Å². The van der Waals surface area contributed by atoms with Crippen molar-refractivity contribution in [1.29, 1.82) is 0 Å². The minimum absolute atomic E-state index is 0.0389. The van der Waals surface area contributed by atoms with Gasteiger partial charge in [-0.3, -0.25) is 4.98 Å². The van der Waals surface area contributed by atoms with Gasteiger partial charge in [-0.25, -0.2) is 13.2 Å². The van der Waals surface area contributed by atoms with Crippen LogP contribution in [0, 0.1) is 18.7 Å². The number of hydrogen-bond acceptors (Lipinski definition) is 4. The molecule has 0 saturated heterocycles. The number of nitrogens with zero attached hydrogens (tertiary/aromatic N) is 1. The lowest BCUT2D eigenvalue weighted by Gasteiger charge is -2.36. The molecule has 0 aliphatic heterocycles. The summed E-state index contributed by atoms with van der Waals surface area (Å²) in [6, 6.07) is 15.9. The minimum Gasteiger partial charge on any atom is -0.392 e. The summed E-state index contributed by atoms with van der Waals surface area (Å²) < 4.78 is 67.8. The molecule has 4 nitrogen and oxygen atoms in total. The van der Waals surface area contributed by atoms with Gasteiger partial charge in [0, 0.05) is 31.8 Å². The first-order valence-corrected chi connectivity index (χ1v) is 18.2. The largest absolute Gasteiger partial charge is 0.392 e. The fourth-order valence-corrected chi connectivity index (χ4v) is 5.05. The molecule has 1 aromatic heterocycles. The van der Waals surface area contributed by atoms with Crippen LogP contribution in [0.1, 0.15) is 108 Å². The van der Waals surface area contributed by atoms with Gasteiger partial charge in [0.25, 0.3) is 0 Å². The van der Waals surface area contributed by atoms with Crippen molar-refractivity contribution in [2.24, 2.45) is 11.7 Å². The maximum Gasteiger partial charge on any atom is 0.311 e. The van der Waals surface area contributed by atoms with Crippen molar-refractivity contribution >= 4 is 0 Å². The molecular weight excluding hydrogens is 667 g/mol. The fraction of sp³-hybridized carbons (Fsp3) is 0.465. The molecule has 3 aromatic rings. The van der Waals surface area contributed by atoms with Crippen molar-refractivity contribution in [2.75, 3.05) is 7.05 Å². The quantitative estimate of drug-likeness (QED) is 0.101. The van der Waals surface area contributed by atoms with E-state index in [0.29, 0.717) is 11.6 Å². The highest BCUT2D eigenvalue weighted by Crippen LogP contribution is 2.36. The molecule has 1 heterocycles. The van der Waals surface area contributed by atoms with Crippen LogP contribution in [0.25, 0.3) is 0 Å². The first-order chi connectivity index (χ1) is 24.6. The zero-order chi connectivity index (χ0) is 40.3. The molecule has 9 heteroatoms. The number of alkyl halides is 4. The van der Waals surface area contributed by atoms with Gasteiger partial charge in [0.15, 0.2) is 0 Å². The average molecular weight is 733 g/mol. The molecule has 2 aromatic carbocycles. The van der Waals surface area contributed by atoms with Crippen LogP contribution in [0.4, 0.5) is 22.0 Å². The normalized spacial score (nSPS) is 12.0. The van der Waals surface area contributed by atoms with Crippen LogP contribution < -0.4 is 16.4 Å². The zero-order valence-corrected chi connectivity index (χ0v) is 32.9. The van der Waals surface area contributed by atoms with E-state index in [1.54, 1.807) is 18.3 Å². The number of nitrogens with two attached hydrogens (primary N) is 1. The van der Waals surface area contributed by atoms with E-state index in [0.717, 1.165) is 29.0 Å². The minimum atomic E-state index is -4.31. The second-order valence-corrected chi connectivity index (χ2v) is 12.2. The Balaban J connectivity index is 0. The standard InChI is InChI=1S/C25H24F5N3.C9H19N.C5H12.C2H6.C2H4/c1-16-8-9-22(32-15-16)24(33-17(2)31,13-18-6-4-3-5-7-18)20-10-19(11-21(26)12-20)14-25(29,30)23(27)28;1-5-6-7-8(2)9(3)10-4;1-3-5-4-2;2*1-2/h3-12,15,23,33H,2,13-14,31H2,1H3;8,10H,3,5-7H2,1-2,4H3;3-5H2,1-2H3;1-2H3;1-2H2/t24-;;;;/m0..../s1. The highest BCUT2D eigenvalue weighted by molar-refractivity contribution is 5.42. The van der Waals surface area contributed by atoms with E-state index < -0.39 is 30.1 Å². The summed E-state index contributed by atoms with van der Waals surface area (Å²) in [5.74, 6) is -4.48. The summed E-state index contributed by atoms with van der Waals surface area (Å²) in [6.07, 6.45) is 4.54. The van der Waals surface area contributed by atoms with Crippen LogP contribution in [0.15, 0.2) is 105 Å². The molecule has 0 amide bonds. The Morgan fingerprint density at radius 2 is 1.44 bits per heavy atom. The number of allylic oxidation sites excluding steroid dienone is 1. The molecular formula is C43H65F5N4. The maximum absolute atomic E-state index is 14.7. The monoisotopic (exact) mass is 733 g/mol. The van der Waals surface area contributed by atoms with Gasteiger partial charge >= 0.3 is 12.3 Å². The highest BCUT2D eigenvalue weighted by atomic mass is 19.3. The molecule has 52 heavy (non-hydrogen) atoms. The highest BCUT2D eigenvalue weighted by Gasteiger charge is 2.42. The van der Waals surface area contributed by atoms with E-state index in [4.69, 9.17) is 5.73 Å². The SMILES string of the molecule is C=C.C=C(N)N[C@@](Cc1ccccc1)(c1cc(F)cc(CC(F)(F)C(F)F)c1)c1ccc(C)cn1.C=C(NC)C(C)CCCC.CC.CCCCC. The third-order valence-electron chi connectivity index (χ3n) is 7.86. The van der Waals surface area contributed by atoms with Crippen molar-refractivity contribution in [3.8, 4) is 0 Å². The van der Waals surface area contributed by atoms with Gasteiger partial charge < -0.3 is 16.4 Å². The van der Waals surface area contributed by atoms with Gasteiger partial charge in [-0.15, -0.1) is 13.2 Å². The predicted molar refractivity (Wildman–Crippen MR) is 212 cm³/mol. The lowest BCUT2D eigenvalue weighted by Crippen LogP contribution is -2.47. The molecule has 0 saturated carbocycles. The van der Waals surface area contributed by atoms with Crippen LogP contribution in [-0.4, -0.2) is 24.4 Å². The topological polar surface area (TPSA) is 63.0 Å². The van der Waals surface area contributed by atoms with Gasteiger partial charge in [-0.1, -0.05) is 129 Å². The van der Waals surface area contributed by atoms with E-state index in [1.807, 2.05) is 58.2 Å². The number of nitrogens with one attached hydrogen (secondary N) is 2. The van der Waals surface area contributed by atoms with E-state index in [2.05, 4.69) is 69.6 Å². The lowest BCUT2D eigenvalue weighted by atomic mass is 9.79. The summed E-state index contributed by atoms with van der Waals surface area (Å²) in [5, 5.41) is 6.13. The molecule has 1 unspecified atom stereocenters. The number of aryl methyl sites for hydroxylation is 1. The van der Waals surface area contributed by atoms with Crippen LogP contribution in [0.5, 0.6) is 0 Å². The number of benzene rings is 2. The Labute approximate surface area is 311 Å². The summed E-state index contributed by atoms with van der Waals surface area (Å²) in [6.45, 7) is 28.3. The van der Waals surface area contributed by atoms with Gasteiger partial charge in [0.2, 0.25) is 0 Å². The van der Waals surface area contributed by atoms with Crippen molar-refractivity contribution in [1.82, 2.24) is 15.6 Å². The fourth-order valence-electron chi connectivity index (χ4n) is 5.05. The number of rotatable bonds is 16. The predicted octanol–water partition coefficient (Wildman–Crippen LogP) is 12.0. The number of halogens is 5. The van der Waals surface area contributed by atoms with Gasteiger partial charge in [-0.05, 0) is 59.7 Å². The molecule has 0 fully saturated rings. The Morgan fingerprint density at radius 1 is 0.865 bits per heavy atom. The number of aromatic nitrogens is 1. The first kappa shape index (κ1) is 50.0. The van der Waals surface area contributed by atoms with Crippen LogP contribution in [-0.2, 0) is 18.4 Å². The lowest BCUT2D eigenvalue weighted by molar-refractivity contribution is -0.127. The molecule has 0 aliphatic rings. The van der Waals surface area contributed by atoms with Crippen molar-refractivity contribution in [3.63, 3.8) is 0 Å². The van der Waals surface area contributed by atoms with Crippen molar-refractivity contribution < 1.29 is 22.0 Å². The summed E-state index contributed by atoms with van der Waals surface area (Å²) >= 11 is 0. The molecule has 2 atom stereocenters. The molecule has 292 valence electrons. The zero-order valence-electron chi connectivity index (χ0n) is 32.9. The second-order valence-electron chi connectivity index (χ2n) is 12.2. The van der Waals surface area contributed by atoms with Gasteiger partial charge in [-0.2, -0.15) is 8.78 Å². The number of unbranched alkanes of at least 4 members (excludes halogenated alkanes) is 3. The second kappa shape index (κ2) is 27.5. The van der Waals surface area contributed by atoms with Gasteiger partial charge in [0.1, 0.15) is 11.4 Å². The van der Waals surface area contributed by atoms with Crippen molar-refractivity contribution in [3.05, 3.63) is 138 Å². The van der Waals surface area contributed by atoms with Gasteiger partial charge in [0.05, 0.1) is 11.5 Å². The number of pyridine rings is 1. The summed E-state index contributed by atoms with van der Waals surface area (Å²) in [4.78, 5) is 4.49. The maximum atomic E-state index is 14.7. The van der Waals surface area contributed by atoms with Crippen molar-refractivity contribution in [2.45, 2.75) is 118 Å². The molecule has 0 spiro atoms. The average Bonchev–Trinajstić information content (AvgIpc) is 3.12. The third-order valence-corrected chi connectivity index (χ3v) is 7.86.